The van der Waals surface area contributed by atoms with Crippen LogP contribution in [0.5, 0.6) is 17.2 Å². The topological polar surface area (TPSA) is 85.3 Å². The Kier molecular flexibility index (Phi) is 5.83. The van der Waals surface area contributed by atoms with E-state index >= 15 is 0 Å². The number of rotatable bonds is 4. The summed E-state index contributed by atoms with van der Waals surface area (Å²) in [5, 5.41) is 11.6. The third-order valence-corrected chi connectivity index (χ3v) is 6.47. The Hall–Kier alpha value is -3.68. The van der Waals surface area contributed by atoms with Gasteiger partial charge in [0.25, 0.3) is 11.7 Å². The first-order valence-corrected chi connectivity index (χ1v) is 11.4. The molecule has 7 nitrogen and oxygen atoms in total. The van der Waals surface area contributed by atoms with Gasteiger partial charge in [-0.05, 0) is 36.8 Å². The number of aliphatic hydroxyl groups excluding tert-OH is 1. The van der Waals surface area contributed by atoms with Crippen LogP contribution in [-0.4, -0.2) is 30.7 Å². The van der Waals surface area contributed by atoms with Crippen LogP contribution in [0.2, 0.25) is 10.0 Å². The first-order valence-electron chi connectivity index (χ1n) is 10.6. The number of nitrogens with zero attached hydrogens (tertiary/aromatic N) is 1. The molecule has 35 heavy (non-hydrogen) atoms. The average Bonchev–Trinajstić information content (AvgIpc) is 3.40. The second-order valence-electron chi connectivity index (χ2n) is 8.09. The number of amides is 1. The van der Waals surface area contributed by atoms with Crippen molar-refractivity contribution in [2.45, 2.75) is 13.0 Å². The van der Waals surface area contributed by atoms with Crippen molar-refractivity contribution >= 4 is 46.3 Å². The largest absolute Gasteiger partial charge is 0.507 e. The van der Waals surface area contributed by atoms with Crippen molar-refractivity contribution in [3.63, 3.8) is 0 Å². The molecule has 178 valence electrons. The predicted molar refractivity (Wildman–Crippen MR) is 132 cm³/mol. The molecule has 0 aliphatic carbocycles. The number of benzene rings is 3. The van der Waals surface area contributed by atoms with Gasteiger partial charge in [-0.1, -0.05) is 53.0 Å². The van der Waals surface area contributed by atoms with Gasteiger partial charge < -0.3 is 19.3 Å². The first kappa shape index (κ1) is 23.1. The maximum absolute atomic E-state index is 13.3. The van der Waals surface area contributed by atoms with Gasteiger partial charge in [0.1, 0.15) is 5.76 Å². The summed E-state index contributed by atoms with van der Waals surface area (Å²) in [6, 6.07) is 14.3. The number of carbonyl (C=O) groups excluding carboxylic acids is 2. The fourth-order valence-corrected chi connectivity index (χ4v) is 4.98. The molecule has 1 unspecified atom stereocenters. The zero-order valence-electron chi connectivity index (χ0n) is 18.7. The van der Waals surface area contributed by atoms with Crippen LogP contribution in [0.1, 0.15) is 22.7 Å². The van der Waals surface area contributed by atoms with E-state index in [9.17, 15) is 14.7 Å². The molecule has 2 aliphatic heterocycles. The van der Waals surface area contributed by atoms with E-state index in [1.807, 2.05) is 25.1 Å². The van der Waals surface area contributed by atoms with Gasteiger partial charge in [0.15, 0.2) is 17.2 Å². The molecule has 1 saturated heterocycles. The van der Waals surface area contributed by atoms with Crippen molar-refractivity contribution < 1.29 is 28.9 Å². The molecule has 3 aromatic carbocycles. The van der Waals surface area contributed by atoms with E-state index in [0.29, 0.717) is 22.7 Å². The van der Waals surface area contributed by atoms with E-state index in [2.05, 4.69) is 0 Å². The average molecular weight is 512 g/mol. The molecule has 1 N–H and O–H groups in total. The standard InChI is InChI=1S/C26H19Cl2NO6/c1-13-4-3-5-14(8-13)22-21(23(30)15-9-17(27)25(33-2)18(28)10-15)24(31)26(32)29(22)16-6-7-19-20(11-16)35-12-34-19/h3-11,22,30H,12H2,1-2H3/b23-21+. The highest BCUT2D eigenvalue weighted by molar-refractivity contribution is 6.51. The van der Waals surface area contributed by atoms with Crippen LogP contribution in [0.25, 0.3) is 5.76 Å². The van der Waals surface area contributed by atoms with Crippen LogP contribution < -0.4 is 19.1 Å². The van der Waals surface area contributed by atoms with Crippen LogP contribution in [0.3, 0.4) is 0 Å². The summed E-state index contributed by atoms with van der Waals surface area (Å²) in [6.45, 7) is 1.97. The molecule has 1 fully saturated rings. The van der Waals surface area contributed by atoms with Crippen molar-refractivity contribution in [3.05, 3.63) is 86.9 Å². The number of halogens is 2. The summed E-state index contributed by atoms with van der Waals surface area (Å²) in [5.74, 6) is -0.788. The number of methoxy groups -OCH3 is 1. The van der Waals surface area contributed by atoms with Crippen molar-refractivity contribution in [2.75, 3.05) is 18.8 Å². The molecule has 2 heterocycles. The third-order valence-electron chi connectivity index (χ3n) is 5.91. The molecule has 0 aromatic heterocycles. The van der Waals surface area contributed by atoms with E-state index in [1.54, 1.807) is 24.3 Å². The Morgan fingerprint density at radius 2 is 1.74 bits per heavy atom. The Labute approximate surface area is 211 Å². The van der Waals surface area contributed by atoms with Crippen LogP contribution in [0, 0.1) is 6.92 Å². The minimum atomic E-state index is -0.907. The Balaban J connectivity index is 1.72. The Bertz CT molecular complexity index is 1390. The van der Waals surface area contributed by atoms with E-state index in [-0.39, 0.29) is 33.7 Å². The molecule has 0 bridgehead atoms. The van der Waals surface area contributed by atoms with Gasteiger partial charge in [-0.15, -0.1) is 0 Å². The normalized spacial score (nSPS) is 18.3. The van der Waals surface area contributed by atoms with Crippen LogP contribution >= 0.6 is 23.2 Å². The molecular weight excluding hydrogens is 493 g/mol. The summed E-state index contributed by atoms with van der Waals surface area (Å²) in [4.78, 5) is 28.0. The highest BCUT2D eigenvalue weighted by atomic mass is 35.5. The molecule has 3 aromatic rings. The summed E-state index contributed by atoms with van der Waals surface area (Å²) in [6.07, 6.45) is 0. The summed E-state index contributed by atoms with van der Waals surface area (Å²) in [7, 11) is 1.42. The molecule has 0 spiro atoms. The number of anilines is 1. The van der Waals surface area contributed by atoms with Crippen molar-refractivity contribution in [3.8, 4) is 17.2 Å². The zero-order valence-corrected chi connectivity index (χ0v) is 20.2. The lowest BCUT2D eigenvalue weighted by molar-refractivity contribution is -0.132. The monoisotopic (exact) mass is 511 g/mol. The van der Waals surface area contributed by atoms with Crippen molar-refractivity contribution in [1.82, 2.24) is 0 Å². The van der Waals surface area contributed by atoms with E-state index < -0.39 is 23.5 Å². The van der Waals surface area contributed by atoms with Gasteiger partial charge in [-0.25, -0.2) is 0 Å². The third kappa shape index (κ3) is 3.87. The zero-order chi connectivity index (χ0) is 24.9. The minimum absolute atomic E-state index is 0.0674. The molecular formula is C26H19Cl2NO6. The fourth-order valence-electron chi connectivity index (χ4n) is 4.34. The minimum Gasteiger partial charge on any atom is -0.507 e. The summed E-state index contributed by atoms with van der Waals surface area (Å²) >= 11 is 12.5. The number of carbonyl (C=O) groups is 2. The quantitative estimate of drug-likeness (QED) is 0.276. The highest BCUT2D eigenvalue weighted by Crippen LogP contribution is 2.46. The summed E-state index contributed by atoms with van der Waals surface area (Å²) in [5.41, 5.74) is 2.09. The van der Waals surface area contributed by atoms with Gasteiger partial charge in [0, 0.05) is 17.3 Å². The maximum Gasteiger partial charge on any atom is 0.300 e. The lowest BCUT2D eigenvalue weighted by Gasteiger charge is -2.26. The second-order valence-corrected chi connectivity index (χ2v) is 8.91. The van der Waals surface area contributed by atoms with Crippen LogP contribution in [-0.2, 0) is 9.59 Å². The van der Waals surface area contributed by atoms with Gasteiger partial charge in [-0.3, -0.25) is 14.5 Å². The number of fused-ring (bicyclic) bond motifs is 1. The lowest BCUT2D eigenvalue weighted by Crippen LogP contribution is -2.29. The Morgan fingerprint density at radius 1 is 1.03 bits per heavy atom. The van der Waals surface area contributed by atoms with Gasteiger partial charge in [0.05, 0.1) is 28.8 Å². The molecule has 5 rings (SSSR count). The first-order chi connectivity index (χ1) is 16.8. The lowest BCUT2D eigenvalue weighted by atomic mass is 9.94. The fraction of sp³-hybridized carbons (Fsp3) is 0.154. The van der Waals surface area contributed by atoms with E-state index in [0.717, 1.165) is 5.56 Å². The SMILES string of the molecule is COc1c(Cl)cc(/C(O)=C2\C(=O)C(=O)N(c3ccc4c(c3)OCO4)C2c2cccc(C)c2)cc1Cl. The number of ketones is 1. The maximum atomic E-state index is 13.3. The molecule has 0 radical (unpaired) electrons. The number of ether oxygens (including phenoxy) is 3. The number of hydrogen-bond acceptors (Lipinski definition) is 6. The molecule has 2 aliphatic rings. The number of hydrogen-bond donors (Lipinski definition) is 1. The summed E-state index contributed by atoms with van der Waals surface area (Å²) < 4.78 is 16.0. The van der Waals surface area contributed by atoms with E-state index in [4.69, 9.17) is 37.4 Å². The van der Waals surface area contributed by atoms with E-state index in [1.165, 1.54) is 24.1 Å². The van der Waals surface area contributed by atoms with Gasteiger partial charge >= 0.3 is 0 Å². The van der Waals surface area contributed by atoms with Crippen molar-refractivity contribution in [1.29, 1.82) is 0 Å². The van der Waals surface area contributed by atoms with Gasteiger partial charge in [-0.2, -0.15) is 0 Å². The number of aliphatic hydroxyl groups is 1. The molecule has 0 saturated carbocycles. The number of aryl methyl sites for hydroxylation is 1. The second kappa shape index (κ2) is 8.83. The Morgan fingerprint density at radius 3 is 2.43 bits per heavy atom. The highest BCUT2D eigenvalue weighted by Gasteiger charge is 2.47. The number of Topliss-reactive ketones (excluding diaryl/α,β-unsaturated/α-hetero) is 1. The molecule has 1 atom stereocenters. The van der Waals surface area contributed by atoms with Gasteiger partial charge in [0.2, 0.25) is 6.79 Å². The van der Waals surface area contributed by atoms with Crippen LogP contribution in [0.4, 0.5) is 5.69 Å². The smallest absolute Gasteiger partial charge is 0.300 e. The van der Waals surface area contributed by atoms with Crippen molar-refractivity contribution in [2.24, 2.45) is 0 Å². The predicted octanol–water partition coefficient (Wildman–Crippen LogP) is 5.67. The molecule has 9 heteroatoms. The van der Waals surface area contributed by atoms with Crippen LogP contribution in [0.15, 0.2) is 60.2 Å². The molecule has 1 amide bonds.